The maximum Gasteiger partial charge on any atom is 0.319 e. The second-order valence-electron chi connectivity index (χ2n) is 4.96. The van der Waals surface area contributed by atoms with E-state index in [9.17, 15) is 13.6 Å². The van der Waals surface area contributed by atoms with Crippen LogP contribution in [-0.4, -0.2) is 11.0 Å². The molecule has 0 fully saturated rings. The molecule has 7 heteroatoms. The van der Waals surface area contributed by atoms with Gasteiger partial charge in [-0.25, -0.2) is 13.6 Å². The molecule has 0 atom stereocenters. The van der Waals surface area contributed by atoms with Gasteiger partial charge in [0.05, 0.1) is 6.26 Å². The summed E-state index contributed by atoms with van der Waals surface area (Å²) in [4.78, 5) is 15.9. The van der Waals surface area contributed by atoms with Crippen LogP contribution in [0.1, 0.15) is 5.56 Å². The van der Waals surface area contributed by atoms with E-state index >= 15 is 0 Å². The molecule has 0 bridgehead atoms. The second kappa shape index (κ2) is 6.91. The van der Waals surface area contributed by atoms with Crippen molar-refractivity contribution in [2.24, 2.45) is 0 Å². The molecule has 3 rings (SSSR count). The number of halogens is 2. The zero-order valence-corrected chi connectivity index (χ0v) is 12.4. The van der Waals surface area contributed by atoms with Crippen molar-refractivity contribution >= 4 is 11.7 Å². The van der Waals surface area contributed by atoms with E-state index in [1.165, 1.54) is 6.07 Å². The summed E-state index contributed by atoms with van der Waals surface area (Å²) in [5, 5.41) is 4.67. The van der Waals surface area contributed by atoms with Crippen LogP contribution in [0.25, 0.3) is 11.3 Å². The molecular formula is C17H13F2N3O2. The molecule has 0 saturated carbocycles. The molecule has 2 amide bonds. The third kappa shape index (κ3) is 3.57. The lowest BCUT2D eigenvalue weighted by molar-refractivity contribution is 0.251. The third-order valence-corrected chi connectivity index (χ3v) is 3.25. The highest BCUT2D eigenvalue weighted by molar-refractivity contribution is 5.89. The summed E-state index contributed by atoms with van der Waals surface area (Å²) in [6.07, 6.45) is 4.77. The van der Waals surface area contributed by atoms with Gasteiger partial charge in [0, 0.05) is 24.5 Å². The number of pyridine rings is 1. The van der Waals surface area contributed by atoms with Crippen LogP contribution >= 0.6 is 0 Å². The summed E-state index contributed by atoms with van der Waals surface area (Å²) >= 11 is 0. The van der Waals surface area contributed by atoms with Gasteiger partial charge in [0.2, 0.25) is 0 Å². The fourth-order valence-electron chi connectivity index (χ4n) is 2.12. The molecule has 2 N–H and O–H groups in total. The smallest absolute Gasteiger partial charge is 0.319 e. The van der Waals surface area contributed by atoms with Crippen LogP contribution in [0, 0.1) is 11.6 Å². The average molecular weight is 329 g/mol. The number of benzene rings is 1. The SMILES string of the molecule is O=C(NCc1cncc(-c2ccco2)c1)Nc1c(F)cccc1F. The predicted octanol–water partition coefficient (Wildman–Crippen LogP) is 3.94. The van der Waals surface area contributed by atoms with Gasteiger partial charge in [-0.1, -0.05) is 6.07 Å². The van der Waals surface area contributed by atoms with E-state index in [1.54, 1.807) is 36.9 Å². The summed E-state index contributed by atoms with van der Waals surface area (Å²) < 4.78 is 32.2. The number of anilines is 1. The lowest BCUT2D eigenvalue weighted by Crippen LogP contribution is -2.29. The number of carbonyl (C=O) groups is 1. The summed E-state index contributed by atoms with van der Waals surface area (Å²) in [6, 6.07) is 7.99. The normalized spacial score (nSPS) is 10.4. The number of furan rings is 1. The first kappa shape index (κ1) is 15.7. The lowest BCUT2D eigenvalue weighted by atomic mass is 10.1. The van der Waals surface area contributed by atoms with Crippen molar-refractivity contribution in [3.05, 3.63) is 72.3 Å². The number of carbonyl (C=O) groups excluding carboxylic acids is 1. The van der Waals surface area contributed by atoms with Crippen LogP contribution in [0.5, 0.6) is 0 Å². The Balaban J connectivity index is 1.64. The van der Waals surface area contributed by atoms with E-state index in [-0.39, 0.29) is 6.54 Å². The van der Waals surface area contributed by atoms with Crippen molar-refractivity contribution in [3.8, 4) is 11.3 Å². The number of para-hydroxylation sites is 1. The van der Waals surface area contributed by atoms with Gasteiger partial charge in [0.1, 0.15) is 23.1 Å². The molecule has 5 nitrogen and oxygen atoms in total. The minimum absolute atomic E-state index is 0.142. The van der Waals surface area contributed by atoms with E-state index in [0.717, 1.165) is 17.7 Å². The Morgan fingerprint density at radius 2 is 1.92 bits per heavy atom. The van der Waals surface area contributed by atoms with Crippen LogP contribution in [0.4, 0.5) is 19.3 Å². The fraction of sp³-hybridized carbons (Fsp3) is 0.0588. The number of aromatic nitrogens is 1. The van der Waals surface area contributed by atoms with Crippen LogP contribution in [0.3, 0.4) is 0 Å². The molecule has 24 heavy (non-hydrogen) atoms. The summed E-state index contributed by atoms with van der Waals surface area (Å²) in [7, 11) is 0. The van der Waals surface area contributed by atoms with Crippen molar-refractivity contribution in [2.45, 2.75) is 6.54 Å². The zero-order chi connectivity index (χ0) is 16.9. The second-order valence-corrected chi connectivity index (χ2v) is 4.96. The van der Waals surface area contributed by atoms with Crippen molar-refractivity contribution < 1.29 is 18.0 Å². The Kier molecular flexibility index (Phi) is 4.51. The molecule has 0 unspecified atom stereocenters. The van der Waals surface area contributed by atoms with Gasteiger partial charge in [0.25, 0.3) is 0 Å². The van der Waals surface area contributed by atoms with E-state index in [4.69, 9.17) is 4.42 Å². The zero-order valence-electron chi connectivity index (χ0n) is 12.4. The first-order valence-corrected chi connectivity index (χ1v) is 7.10. The monoisotopic (exact) mass is 329 g/mol. The molecule has 0 aliphatic carbocycles. The fourth-order valence-corrected chi connectivity index (χ4v) is 2.12. The maximum atomic E-state index is 13.5. The standard InChI is InChI=1S/C17H13F2N3O2/c18-13-3-1-4-14(19)16(13)22-17(23)21-9-11-7-12(10-20-8-11)15-5-2-6-24-15/h1-8,10H,9H2,(H2,21,22,23). The number of hydrogen-bond acceptors (Lipinski definition) is 3. The van der Waals surface area contributed by atoms with Gasteiger partial charge >= 0.3 is 6.03 Å². The maximum absolute atomic E-state index is 13.5. The third-order valence-electron chi connectivity index (χ3n) is 3.25. The highest BCUT2D eigenvalue weighted by atomic mass is 19.1. The lowest BCUT2D eigenvalue weighted by Gasteiger charge is -2.09. The highest BCUT2D eigenvalue weighted by Gasteiger charge is 2.11. The number of urea groups is 1. The minimum atomic E-state index is -0.841. The van der Waals surface area contributed by atoms with Crippen LogP contribution < -0.4 is 10.6 Å². The van der Waals surface area contributed by atoms with Crippen molar-refractivity contribution in [2.75, 3.05) is 5.32 Å². The van der Waals surface area contributed by atoms with Gasteiger partial charge in [-0.05, 0) is 35.9 Å². The molecule has 0 saturated heterocycles. The number of nitrogens with one attached hydrogen (secondary N) is 2. The highest BCUT2D eigenvalue weighted by Crippen LogP contribution is 2.20. The van der Waals surface area contributed by atoms with Gasteiger partial charge in [-0.3, -0.25) is 4.98 Å². The minimum Gasteiger partial charge on any atom is -0.464 e. The first-order valence-electron chi connectivity index (χ1n) is 7.10. The van der Waals surface area contributed by atoms with Gasteiger partial charge in [-0.15, -0.1) is 0 Å². The van der Waals surface area contributed by atoms with Crippen LogP contribution in [0.2, 0.25) is 0 Å². The molecule has 122 valence electrons. The Labute approximate surface area is 136 Å². The Morgan fingerprint density at radius 3 is 2.62 bits per heavy atom. The molecule has 3 aromatic rings. The molecule has 0 aliphatic rings. The molecule has 2 heterocycles. The van der Waals surface area contributed by atoms with E-state index in [1.807, 2.05) is 0 Å². The van der Waals surface area contributed by atoms with Crippen molar-refractivity contribution in [1.29, 1.82) is 0 Å². The summed E-state index contributed by atoms with van der Waals surface area (Å²) in [5.74, 6) is -1.03. The van der Waals surface area contributed by atoms with Crippen LogP contribution in [0.15, 0.2) is 59.5 Å². The Bertz CT molecular complexity index is 831. The quantitative estimate of drug-likeness (QED) is 0.762. The molecule has 0 aliphatic heterocycles. The number of amides is 2. The predicted molar refractivity (Wildman–Crippen MR) is 84.2 cm³/mol. The molecule has 0 radical (unpaired) electrons. The molecule has 2 aromatic heterocycles. The Hall–Kier alpha value is -3.22. The number of rotatable bonds is 4. The summed E-state index contributed by atoms with van der Waals surface area (Å²) in [6.45, 7) is 0.142. The van der Waals surface area contributed by atoms with E-state index < -0.39 is 23.4 Å². The van der Waals surface area contributed by atoms with Crippen molar-refractivity contribution in [3.63, 3.8) is 0 Å². The molecular weight excluding hydrogens is 316 g/mol. The molecule has 0 spiro atoms. The first-order chi connectivity index (χ1) is 11.6. The van der Waals surface area contributed by atoms with Gasteiger partial charge < -0.3 is 15.1 Å². The largest absolute Gasteiger partial charge is 0.464 e. The van der Waals surface area contributed by atoms with Gasteiger partial charge in [0.15, 0.2) is 0 Å². The molecule has 1 aromatic carbocycles. The number of hydrogen-bond donors (Lipinski definition) is 2. The van der Waals surface area contributed by atoms with Gasteiger partial charge in [-0.2, -0.15) is 0 Å². The van der Waals surface area contributed by atoms with E-state index in [0.29, 0.717) is 11.3 Å². The van der Waals surface area contributed by atoms with Crippen molar-refractivity contribution in [1.82, 2.24) is 10.3 Å². The average Bonchev–Trinajstić information content (AvgIpc) is 3.11. The van der Waals surface area contributed by atoms with E-state index in [2.05, 4.69) is 15.6 Å². The van der Waals surface area contributed by atoms with Crippen LogP contribution in [-0.2, 0) is 6.54 Å². The Morgan fingerprint density at radius 1 is 1.12 bits per heavy atom. The number of nitrogens with zero attached hydrogens (tertiary/aromatic N) is 1. The topological polar surface area (TPSA) is 67.2 Å². The summed E-state index contributed by atoms with van der Waals surface area (Å²) in [5.41, 5.74) is 0.991.